The van der Waals surface area contributed by atoms with Crippen LogP contribution in [0.4, 0.5) is 21.5 Å². The molecule has 3 aliphatic heterocycles. The molecule has 1 fully saturated rings. The first-order valence-electron chi connectivity index (χ1n) is 10.8. The van der Waals surface area contributed by atoms with Crippen LogP contribution in [-0.4, -0.2) is 51.1 Å². The molecule has 32 heavy (non-hydrogen) atoms. The number of hydrogen-bond acceptors (Lipinski definition) is 8. The summed E-state index contributed by atoms with van der Waals surface area (Å²) in [4.78, 5) is 16.9. The highest BCUT2D eigenvalue weighted by molar-refractivity contribution is 5.93. The fourth-order valence-electron chi connectivity index (χ4n) is 4.55. The first kappa shape index (κ1) is 20.7. The lowest BCUT2D eigenvalue weighted by Gasteiger charge is -2.41. The van der Waals surface area contributed by atoms with Crippen LogP contribution in [0.15, 0.2) is 46.3 Å². The lowest BCUT2D eigenvalue weighted by Crippen LogP contribution is -2.51. The highest BCUT2D eigenvalue weighted by Crippen LogP contribution is 2.43. The molecule has 0 saturated carbocycles. The lowest BCUT2D eigenvalue weighted by molar-refractivity contribution is -0.141. The van der Waals surface area contributed by atoms with Crippen molar-refractivity contribution in [3.63, 3.8) is 0 Å². The van der Waals surface area contributed by atoms with E-state index in [1.54, 1.807) is 19.1 Å². The molecule has 0 spiro atoms. The van der Waals surface area contributed by atoms with Crippen LogP contribution in [0.5, 0.6) is 0 Å². The molecule has 1 aromatic carbocycles. The molecule has 1 N–H and O–H groups in total. The van der Waals surface area contributed by atoms with Crippen LogP contribution in [0.2, 0.25) is 0 Å². The van der Waals surface area contributed by atoms with Crippen LogP contribution in [0.3, 0.4) is 0 Å². The second kappa shape index (κ2) is 8.38. The Morgan fingerprint density at radius 2 is 2.09 bits per heavy atom. The van der Waals surface area contributed by atoms with Gasteiger partial charge in [0.05, 0.1) is 36.5 Å². The predicted molar refractivity (Wildman–Crippen MR) is 116 cm³/mol. The van der Waals surface area contributed by atoms with Gasteiger partial charge in [-0.1, -0.05) is 0 Å². The van der Waals surface area contributed by atoms with Gasteiger partial charge < -0.3 is 33.7 Å². The first-order valence-corrected chi connectivity index (χ1v) is 10.8. The van der Waals surface area contributed by atoms with E-state index in [2.05, 4.69) is 10.2 Å². The lowest BCUT2D eigenvalue weighted by atomic mass is 10.0. The molecule has 2 atom stereocenters. The van der Waals surface area contributed by atoms with E-state index in [1.807, 2.05) is 17.9 Å². The Kier molecular flexibility index (Phi) is 5.42. The smallest absolute Gasteiger partial charge is 0.340 e. The zero-order valence-electron chi connectivity index (χ0n) is 18.1. The highest BCUT2D eigenvalue weighted by atomic mass is 19.1. The Morgan fingerprint density at radius 3 is 2.81 bits per heavy atom. The highest BCUT2D eigenvalue weighted by Gasteiger charge is 2.46. The summed E-state index contributed by atoms with van der Waals surface area (Å²) in [7, 11) is 0. The molecule has 9 heteroatoms. The van der Waals surface area contributed by atoms with Crippen LogP contribution in [0.25, 0.3) is 0 Å². The van der Waals surface area contributed by atoms with Crippen molar-refractivity contribution in [3.05, 3.63) is 53.4 Å². The van der Waals surface area contributed by atoms with Crippen LogP contribution >= 0.6 is 0 Å². The van der Waals surface area contributed by atoms with Gasteiger partial charge in [-0.05, 0) is 32.0 Å². The van der Waals surface area contributed by atoms with E-state index in [0.29, 0.717) is 61.3 Å². The molecule has 0 radical (unpaired) electrons. The zero-order chi connectivity index (χ0) is 22.2. The number of carbonyl (C=O) groups is 1. The second-order valence-corrected chi connectivity index (χ2v) is 7.96. The van der Waals surface area contributed by atoms with Gasteiger partial charge in [0.1, 0.15) is 35.6 Å². The quantitative estimate of drug-likeness (QED) is 0.706. The molecule has 8 nitrogen and oxygen atoms in total. The van der Waals surface area contributed by atoms with Gasteiger partial charge in [-0.2, -0.15) is 0 Å². The van der Waals surface area contributed by atoms with Crippen molar-refractivity contribution in [2.24, 2.45) is 0 Å². The fraction of sp³-hybridized carbons (Fsp3) is 0.435. The number of furan rings is 1. The number of morpholine rings is 1. The summed E-state index contributed by atoms with van der Waals surface area (Å²) in [6.07, 6.45) is 1.10. The Morgan fingerprint density at radius 1 is 1.28 bits per heavy atom. The summed E-state index contributed by atoms with van der Waals surface area (Å²) < 4.78 is 37.2. The first-order chi connectivity index (χ1) is 15.6. The van der Waals surface area contributed by atoms with Crippen LogP contribution in [0.1, 0.15) is 19.6 Å². The van der Waals surface area contributed by atoms with Gasteiger partial charge in [-0.25, -0.2) is 9.18 Å². The summed E-state index contributed by atoms with van der Waals surface area (Å²) in [5, 5.41) is 3.32. The maximum atomic E-state index is 15.1. The third-order valence-electron chi connectivity index (χ3n) is 6.10. The number of esters is 1. The maximum absolute atomic E-state index is 15.1. The number of halogens is 1. The fourth-order valence-corrected chi connectivity index (χ4v) is 4.55. The summed E-state index contributed by atoms with van der Waals surface area (Å²) in [6.45, 7) is 6.86. The van der Waals surface area contributed by atoms with E-state index in [-0.39, 0.29) is 12.4 Å². The molecule has 0 aliphatic carbocycles. The van der Waals surface area contributed by atoms with Crippen molar-refractivity contribution in [2.75, 3.05) is 48.0 Å². The topological polar surface area (TPSA) is 76.4 Å². The minimum absolute atomic E-state index is 0.0333. The molecule has 2 unspecified atom stereocenters. The molecule has 3 aliphatic rings. The van der Waals surface area contributed by atoms with Crippen molar-refractivity contribution in [2.45, 2.75) is 32.7 Å². The number of likely N-dealkylation sites (N-methyl/N-ethyl adjacent to an activating group) is 1. The monoisotopic (exact) mass is 443 g/mol. The molecule has 1 saturated heterocycles. The molecule has 2 aromatic rings. The zero-order valence-corrected chi connectivity index (χ0v) is 18.1. The number of anilines is 3. The van der Waals surface area contributed by atoms with Crippen molar-refractivity contribution in [1.29, 1.82) is 0 Å². The van der Waals surface area contributed by atoms with E-state index in [9.17, 15) is 4.79 Å². The summed E-state index contributed by atoms with van der Waals surface area (Å²) in [6, 6.07) is 6.36. The van der Waals surface area contributed by atoms with Gasteiger partial charge in [-0.15, -0.1) is 0 Å². The molecule has 0 amide bonds. The van der Waals surface area contributed by atoms with E-state index >= 15 is 4.39 Å². The van der Waals surface area contributed by atoms with Crippen molar-refractivity contribution >= 4 is 23.0 Å². The number of nitrogens with zero attached hydrogens (tertiary/aromatic N) is 2. The van der Waals surface area contributed by atoms with Gasteiger partial charge in [0.15, 0.2) is 6.23 Å². The number of rotatable bonds is 5. The van der Waals surface area contributed by atoms with Crippen molar-refractivity contribution < 1.29 is 27.8 Å². The summed E-state index contributed by atoms with van der Waals surface area (Å²) in [5.41, 5.74) is 2.42. The van der Waals surface area contributed by atoms with Gasteiger partial charge in [0.2, 0.25) is 0 Å². The van der Waals surface area contributed by atoms with Crippen molar-refractivity contribution in [1.82, 2.24) is 0 Å². The normalized spacial score (nSPS) is 22.2. The molecular formula is C23H26FN3O5. The molecule has 0 bridgehead atoms. The van der Waals surface area contributed by atoms with Crippen LogP contribution < -0.4 is 15.1 Å². The Balaban J connectivity index is 1.41. The Labute approximate surface area is 185 Å². The molecule has 4 heterocycles. The third kappa shape index (κ3) is 3.56. The molecule has 1 aromatic heterocycles. The van der Waals surface area contributed by atoms with E-state index in [0.717, 1.165) is 5.69 Å². The Hall–Kier alpha value is -3.20. The molecule has 170 valence electrons. The van der Waals surface area contributed by atoms with Gasteiger partial charge in [-0.3, -0.25) is 0 Å². The molecular weight excluding hydrogens is 417 g/mol. The number of hydrogen-bond donors (Lipinski definition) is 1. The Bertz CT molecular complexity index is 1030. The number of nitrogens with one attached hydrogen (secondary N) is 1. The number of benzene rings is 1. The van der Waals surface area contributed by atoms with Crippen molar-refractivity contribution in [3.8, 4) is 0 Å². The summed E-state index contributed by atoms with van der Waals surface area (Å²) in [5.74, 6) is 0.261. The number of ether oxygens (including phenoxy) is 3. The average Bonchev–Trinajstić information content (AvgIpc) is 3.43. The third-order valence-corrected chi connectivity index (χ3v) is 6.10. The number of carbonyl (C=O) groups excluding carboxylic acids is 1. The van der Waals surface area contributed by atoms with Gasteiger partial charge in [0.25, 0.3) is 0 Å². The minimum atomic E-state index is -0.483. The summed E-state index contributed by atoms with van der Waals surface area (Å²) >= 11 is 0. The maximum Gasteiger partial charge on any atom is 0.340 e. The SMILES string of the molecule is CCN1c2cc(N3CCOCC3)c(F)cc2NC2C(C(=O)OCc3ccco3)=C(C)OC21. The largest absolute Gasteiger partial charge is 0.472 e. The van der Waals surface area contributed by atoms with E-state index in [1.165, 1.54) is 12.3 Å². The average molecular weight is 443 g/mol. The number of fused-ring (bicyclic) bond motifs is 2. The standard InChI is InChI=1S/C23H26FN3O5/c1-3-27-19-12-18(26-6-9-29-10-7-26)16(24)11-17(19)25-21-20(14(2)32-22(21)27)23(28)31-13-15-5-4-8-30-15/h4-5,8,11-12,21-22,25H,3,6-7,9-10,13H2,1-2H3. The second-order valence-electron chi connectivity index (χ2n) is 7.96. The van der Waals surface area contributed by atoms with Crippen LogP contribution in [0, 0.1) is 5.82 Å². The minimum Gasteiger partial charge on any atom is -0.472 e. The van der Waals surface area contributed by atoms with E-state index < -0.39 is 18.2 Å². The number of allylic oxidation sites excluding steroid dienone is 1. The molecule has 5 rings (SSSR count). The van der Waals surface area contributed by atoms with Gasteiger partial charge >= 0.3 is 5.97 Å². The van der Waals surface area contributed by atoms with Crippen LogP contribution in [-0.2, 0) is 25.6 Å². The van der Waals surface area contributed by atoms with E-state index in [4.69, 9.17) is 18.6 Å². The predicted octanol–water partition coefficient (Wildman–Crippen LogP) is 3.25. The van der Waals surface area contributed by atoms with Gasteiger partial charge in [0, 0.05) is 25.7 Å².